The third-order valence-corrected chi connectivity index (χ3v) is 5.86. The van der Waals surface area contributed by atoms with Crippen LogP contribution in [0.25, 0.3) is 0 Å². The Morgan fingerprint density at radius 3 is 2.57 bits per heavy atom. The Labute approximate surface area is 165 Å². The lowest BCUT2D eigenvalue weighted by molar-refractivity contribution is -0.148. The average molecular weight is 392 g/mol. The van der Waals surface area contributed by atoms with E-state index in [9.17, 15) is 14.0 Å². The molecule has 0 bridgehead atoms. The maximum absolute atomic E-state index is 13.6. The predicted molar refractivity (Wildman–Crippen MR) is 103 cm³/mol. The van der Waals surface area contributed by atoms with Crippen molar-refractivity contribution in [2.24, 2.45) is 0 Å². The number of amides is 1. The van der Waals surface area contributed by atoms with Gasteiger partial charge in [0.25, 0.3) is 0 Å². The molecule has 1 aliphatic carbocycles. The number of rotatable bonds is 6. The molecule has 154 valence electrons. The average Bonchev–Trinajstić information content (AvgIpc) is 2.68. The molecule has 0 aromatic heterocycles. The van der Waals surface area contributed by atoms with Gasteiger partial charge in [0.2, 0.25) is 5.91 Å². The second-order valence-electron chi connectivity index (χ2n) is 7.98. The van der Waals surface area contributed by atoms with Crippen LogP contribution in [0, 0.1) is 5.82 Å². The minimum absolute atomic E-state index is 0.0622. The van der Waals surface area contributed by atoms with Crippen molar-refractivity contribution in [3.63, 3.8) is 0 Å². The van der Waals surface area contributed by atoms with Crippen LogP contribution in [0.15, 0.2) is 24.3 Å². The van der Waals surface area contributed by atoms with E-state index in [0.29, 0.717) is 26.2 Å². The molecular weight excluding hydrogens is 363 g/mol. The zero-order chi connectivity index (χ0) is 20.1. The van der Waals surface area contributed by atoms with E-state index >= 15 is 0 Å². The predicted octanol–water partition coefficient (Wildman–Crippen LogP) is 2.27. The number of hydrogen-bond acceptors (Lipinski definition) is 4. The number of morpholine rings is 1. The molecule has 6 nitrogen and oxygen atoms in total. The van der Waals surface area contributed by atoms with Crippen LogP contribution in [0.1, 0.15) is 37.7 Å². The monoisotopic (exact) mass is 392 g/mol. The number of aliphatic carboxylic acids is 1. The lowest BCUT2D eigenvalue weighted by Crippen LogP contribution is -2.55. The van der Waals surface area contributed by atoms with Gasteiger partial charge in [-0.1, -0.05) is 31.4 Å². The number of hydrogen-bond donors (Lipinski definition) is 1. The number of carboxylic acid groups (broad SMARTS) is 1. The van der Waals surface area contributed by atoms with E-state index in [-0.39, 0.29) is 24.4 Å². The summed E-state index contributed by atoms with van der Waals surface area (Å²) in [7, 11) is 1.74. The zero-order valence-corrected chi connectivity index (χ0v) is 16.4. The van der Waals surface area contributed by atoms with E-state index in [2.05, 4.69) is 0 Å². The van der Waals surface area contributed by atoms with Gasteiger partial charge in [-0.15, -0.1) is 0 Å². The molecule has 1 heterocycles. The second kappa shape index (κ2) is 9.01. The van der Waals surface area contributed by atoms with Crippen LogP contribution in [0.2, 0.25) is 0 Å². The van der Waals surface area contributed by atoms with Crippen molar-refractivity contribution in [3.05, 3.63) is 35.6 Å². The third-order valence-electron chi connectivity index (χ3n) is 5.86. The number of carbonyl (C=O) groups excluding carboxylic acids is 1. The summed E-state index contributed by atoms with van der Waals surface area (Å²) in [5, 5.41) is 8.93. The number of benzene rings is 1. The van der Waals surface area contributed by atoms with Gasteiger partial charge in [0.1, 0.15) is 5.82 Å². The molecule has 1 aromatic carbocycles. The van der Waals surface area contributed by atoms with Crippen LogP contribution in [0.5, 0.6) is 0 Å². The van der Waals surface area contributed by atoms with E-state index < -0.39 is 11.4 Å². The van der Waals surface area contributed by atoms with E-state index in [1.54, 1.807) is 24.1 Å². The summed E-state index contributed by atoms with van der Waals surface area (Å²) in [6.07, 6.45) is 4.42. The minimum atomic E-state index is -0.885. The largest absolute Gasteiger partial charge is 0.480 e. The number of halogens is 1. The maximum Gasteiger partial charge on any atom is 0.317 e. The quantitative estimate of drug-likeness (QED) is 0.804. The molecular formula is C21H29FN2O4. The van der Waals surface area contributed by atoms with Crippen molar-refractivity contribution < 1.29 is 23.8 Å². The first-order chi connectivity index (χ1) is 13.4. The molecule has 1 amide bonds. The molecule has 1 N–H and O–H groups in total. The molecule has 0 radical (unpaired) electrons. The van der Waals surface area contributed by atoms with Crippen molar-refractivity contribution >= 4 is 11.9 Å². The maximum atomic E-state index is 13.6. The van der Waals surface area contributed by atoms with Gasteiger partial charge in [-0.05, 0) is 37.6 Å². The zero-order valence-electron chi connectivity index (χ0n) is 16.4. The lowest BCUT2D eigenvalue weighted by Gasteiger charge is -2.43. The van der Waals surface area contributed by atoms with Gasteiger partial charge in [-0.25, -0.2) is 4.39 Å². The highest BCUT2D eigenvalue weighted by Gasteiger charge is 2.44. The normalized spacial score (nSPS) is 22.2. The van der Waals surface area contributed by atoms with Crippen LogP contribution >= 0.6 is 0 Å². The first kappa shape index (κ1) is 20.7. The molecule has 1 saturated carbocycles. The fourth-order valence-corrected chi connectivity index (χ4v) is 4.51. The summed E-state index contributed by atoms with van der Waals surface area (Å²) in [5.41, 5.74) is 0.297. The molecule has 2 aliphatic rings. The number of carbonyl (C=O) groups is 2. The van der Waals surface area contributed by atoms with E-state index in [1.165, 1.54) is 12.1 Å². The van der Waals surface area contributed by atoms with E-state index in [0.717, 1.165) is 37.7 Å². The third kappa shape index (κ3) is 4.70. The van der Waals surface area contributed by atoms with Gasteiger partial charge in [0.05, 0.1) is 24.7 Å². The number of ether oxygens (including phenoxy) is 1. The molecule has 1 atom stereocenters. The van der Waals surface area contributed by atoms with Crippen molar-refractivity contribution in [1.82, 2.24) is 9.80 Å². The van der Waals surface area contributed by atoms with Gasteiger partial charge in [-0.2, -0.15) is 0 Å². The summed E-state index contributed by atoms with van der Waals surface area (Å²) in [6, 6.07) is 6.36. The van der Waals surface area contributed by atoms with E-state index in [1.807, 2.05) is 4.90 Å². The van der Waals surface area contributed by atoms with Crippen LogP contribution < -0.4 is 0 Å². The van der Waals surface area contributed by atoms with Gasteiger partial charge in [-0.3, -0.25) is 14.5 Å². The van der Waals surface area contributed by atoms with Crippen LogP contribution in [-0.4, -0.2) is 72.7 Å². The Morgan fingerprint density at radius 2 is 1.93 bits per heavy atom. The number of carboxylic acids is 1. The van der Waals surface area contributed by atoms with Crippen LogP contribution in [-0.2, 0) is 19.7 Å². The summed E-state index contributed by atoms with van der Waals surface area (Å²) in [4.78, 5) is 28.1. The molecule has 1 aliphatic heterocycles. The summed E-state index contributed by atoms with van der Waals surface area (Å²) in [5.74, 6) is -1.09. The molecule has 2 fully saturated rings. The summed E-state index contributed by atoms with van der Waals surface area (Å²) >= 11 is 0. The van der Waals surface area contributed by atoms with E-state index in [4.69, 9.17) is 9.84 Å². The van der Waals surface area contributed by atoms with Crippen molar-refractivity contribution in [3.8, 4) is 0 Å². The lowest BCUT2D eigenvalue weighted by atomic mass is 9.68. The summed E-state index contributed by atoms with van der Waals surface area (Å²) < 4.78 is 19.2. The van der Waals surface area contributed by atoms with Gasteiger partial charge in [0, 0.05) is 19.6 Å². The SMILES string of the molecule is CN(CC(=O)O)CC1CN(C(=O)C2(c3ccc(F)cc3)CCCCC2)CCO1. The fourth-order valence-electron chi connectivity index (χ4n) is 4.51. The number of likely N-dealkylation sites (N-methyl/N-ethyl adjacent to an activating group) is 1. The molecule has 1 unspecified atom stereocenters. The fraction of sp³-hybridized carbons (Fsp3) is 0.619. The molecule has 1 saturated heterocycles. The molecule has 28 heavy (non-hydrogen) atoms. The van der Waals surface area contributed by atoms with Crippen LogP contribution in [0.3, 0.4) is 0 Å². The standard InChI is InChI=1S/C21H29FN2O4/c1-23(15-19(25)26)13-18-14-24(11-12-28-18)20(27)21(9-3-2-4-10-21)16-5-7-17(22)8-6-16/h5-8,18H,2-4,9-15H2,1H3,(H,25,26). The second-order valence-corrected chi connectivity index (χ2v) is 7.98. The van der Waals surface area contributed by atoms with Gasteiger partial charge >= 0.3 is 5.97 Å². The molecule has 7 heteroatoms. The smallest absolute Gasteiger partial charge is 0.317 e. The van der Waals surface area contributed by atoms with Crippen molar-refractivity contribution in [2.75, 3.05) is 39.8 Å². The Kier molecular flexibility index (Phi) is 6.67. The summed E-state index contributed by atoms with van der Waals surface area (Å²) in [6.45, 7) is 1.82. The van der Waals surface area contributed by atoms with Crippen LogP contribution in [0.4, 0.5) is 4.39 Å². The minimum Gasteiger partial charge on any atom is -0.480 e. The first-order valence-corrected chi connectivity index (χ1v) is 9.98. The Bertz CT molecular complexity index is 688. The molecule has 3 rings (SSSR count). The van der Waals surface area contributed by atoms with Crippen molar-refractivity contribution in [2.45, 2.75) is 43.6 Å². The van der Waals surface area contributed by atoms with Crippen molar-refractivity contribution in [1.29, 1.82) is 0 Å². The highest BCUT2D eigenvalue weighted by molar-refractivity contribution is 5.88. The molecule has 1 aromatic rings. The first-order valence-electron chi connectivity index (χ1n) is 9.98. The highest BCUT2D eigenvalue weighted by Crippen LogP contribution is 2.41. The number of nitrogens with zero attached hydrogens (tertiary/aromatic N) is 2. The Hall–Kier alpha value is -1.99. The topological polar surface area (TPSA) is 70.1 Å². The van der Waals surface area contributed by atoms with Gasteiger partial charge < -0.3 is 14.7 Å². The Balaban J connectivity index is 1.75. The van der Waals surface area contributed by atoms with Gasteiger partial charge in [0.15, 0.2) is 0 Å². The Morgan fingerprint density at radius 1 is 1.25 bits per heavy atom. The highest BCUT2D eigenvalue weighted by atomic mass is 19.1. The molecule has 0 spiro atoms.